The zero-order valence-corrected chi connectivity index (χ0v) is 14.9. The van der Waals surface area contributed by atoms with Crippen LogP contribution in [-0.2, 0) is 13.1 Å². The second-order valence-electron chi connectivity index (χ2n) is 5.97. The molecule has 0 bridgehead atoms. The molecule has 0 aliphatic carbocycles. The zero-order chi connectivity index (χ0) is 18.5. The van der Waals surface area contributed by atoms with Gasteiger partial charge < -0.3 is 20.1 Å². The van der Waals surface area contributed by atoms with Crippen molar-refractivity contribution in [1.82, 2.24) is 25.4 Å². The highest BCUT2D eigenvalue weighted by Crippen LogP contribution is 2.32. The predicted octanol–water partition coefficient (Wildman–Crippen LogP) is 1.86. The van der Waals surface area contributed by atoms with Crippen LogP contribution >= 0.6 is 0 Å². The maximum atomic E-state index is 5.41. The standard InChI is InChI=1S/C19H20N6O2/c1-20-19(23-10-15-4-7-17-18(8-15)27-13-26-17)22-9-14-2-5-16(6-3-14)25-12-21-11-24-25/h2-8,11-12H,9-10,13H2,1H3,(H2,20,22,23). The summed E-state index contributed by atoms with van der Waals surface area (Å²) >= 11 is 0. The first-order valence-corrected chi connectivity index (χ1v) is 8.59. The molecule has 0 saturated carbocycles. The van der Waals surface area contributed by atoms with E-state index in [1.807, 2.05) is 30.3 Å². The van der Waals surface area contributed by atoms with Gasteiger partial charge in [0.15, 0.2) is 17.5 Å². The van der Waals surface area contributed by atoms with E-state index in [4.69, 9.17) is 9.47 Å². The highest BCUT2D eigenvalue weighted by molar-refractivity contribution is 5.79. The Labute approximate surface area is 156 Å². The molecular weight excluding hydrogens is 344 g/mol. The summed E-state index contributed by atoms with van der Waals surface area (Å²) in [7, 11) is 1.75. The lowest BCUT2D eigenvalue weighted by Crippen LogP contribution is -2.36. The summed E-state index contributed by atoms with van der Waals surface area (Å²) in [6.45, 7) is 1.59. The molecule has 0 spiro atoms. The van der Waals surface area contributed by atoms with Gasteiger partial charge in [-0.3, -0.25) is 4.99 Å². The van der Waals surface area contributed by atoms with Crippen LogP contribution in [0.5, 0.6) is 11.5 Å². The fourth-order valence-electron chi connectivity index (χ4n) is 2.75. The average Bonchev–Trinajstić information content (AvgIpc) is 3.40. The molecule has 0 atom stereocenters. The van der Waals surface area contributed by atoms with Gasteiger partial charge in [-0.1, -0.05) is 18.2 Å². The van der Waals surface area contributed by atoms with Crippen molar-refractivity contribution in [2.75, 3.05) is 13.8 Å². The van der Waals surface area contributed by atoms with Crippen LogP contribution in [0.3, 0.4) is 0 Å². The van der Waals surface area contributed by atoms with E-state index >= 15 is 0 Å². The number of fused-ring (bicyclic) bond motifs is 1. The number of hydrogen-bond donors (Lipinski definition) is 2. The third-order valence-electron chi connectivity index (χ3n) is 4.20. The summed E-state index contributed by atoms with van der Waals surface area (Å²) in [5.41, 5.74) is 3.21. The number of aliphatic imine (C=N–C) groups is 1. The molecule has 0 saturated heterocycles. The number of nitrogens with one attached hydrogen (secondary N) is 2. The third-order valence-corrected chi connectivity index (χ3v) is 4.20. The molecule has 0 unspecified atom stereocenters. The Bertz CT molecular complexity index is 922. The molecule has 8 nitrogen and oxygen atoms in total. The number of aromatic nitrogens is 3. The SMILES string of the molecule is CN=C(NCc1ccc(-n2cncn2)cc1)NCc1ccc2c(c1)OCO2. The first kappa shape index (κ1) is 16.9. The number of rotatable bonds is 5. The second kappa shape index (κ2) is 7.77. The van der Waals surface area contributed by atoms with E-state index in [1.165, 1.54) is 6.33 Å². The van der Waals surface area contributed by atoms with Gasteiger partial charge in [0.1, 0.15) is 12.7 Å². The lowest BCUT2D eigenvalue weighted by atomic mass is 10.2. The van der Waals surface area contributed by atoms with Crippen molar-refractivity contribution in [3.05, 3.63) is 66.2 Å². The Morgan fingerprint density at radius 3 is 2.52 bits per heavy atom. The van der Waals surface area contributed by atoms with Gasteiger partial charge in [0.2, 0.25) is 6.79 Å². The minimum Gasteiger partial charge on any atom is -0.454 e. The molecule has 0 radical (unpaired) electrons. The molecule has 0 amide bonds. The Hall–Kier alpha value is -3.55. The van der Waals surface area contributed by atoms with Gasteiger partial charge in [-0.25, -0.2) is 9.67 Å². The summed E-state index contributed by atoms with van der Waals surface area (Å²) in [6.07, 6.45) is 3.19. The molecule has 4 rings (SSSR count). The molecule has 1 aromatic heterocycles. The van der Waals surface area contributed by atoms with Crippen molar-refractivity contribution in [2.45, 2.75) is 13.1 Å². The fraction of sp³-hybridized carbons (Fsp3) is 0.211. The zero-order valence-electron chi connectivity index (χ0n) is 14.9. The number of nitrogens with zero attached hydrogens (tertiary/aromatic N) is 4. The minimum absolute atomic E-state index is 0.283. The van der Waals surface area contributed by atoms with E-state index in [0.29, 0.717) is 13.1 Å². The highest BCUT2D eigenvalue weighted by Gasteiger charge is 2.13. The van der Waals surface area contributed by atoms with Crippen molar-refractivity contribution >= 4 is 5.96 Å². The van der Waals surface area contributed by atoms with Crippen LogP contribution in [0.4, 0.5) is 0 Å². The Morgan fingerprint density at radius 1 is 1.04 bits per heavy atom. The van der Waals surface area contributed by atoms with E-state index in [1.54, 1.807) is 18.1 Å². The Morgan fingerprint density at radius 2 is 1.78 bits per heavy atom. The molecule has 8 heteroatoms. The lowest BCUT2D eigenvalue weighted by Gasteiger charge is -2.12. The van der Waals surface area contributed by atoms with Gasteiger partial charge in [-0.05, 0) is 35.4 Å². The van der Waals surface area contributed by atoms with Crippen molar-refractivity contribution in [3.63, 3.8) is 0 Å². The van der Waals surface area contributed by atoms with Crippen molar-refractivity contribution in [2.24, 2.45) is 4.99 Å². The van der Waals surface area contributed by atoms with Crippen LogP contribution < -0.4 is 20.1 Å². The van der Waals surface area contributed by atoms with Gasteiger partial charge >= 0.3 is 0 Å². The number of ether oxygens (including phenoxy) is 2. The van der Waals surface area contributed by atoms with E-state index in [9.17, 15) is 0 Å². The molecule has 138 valence electrons. The largest absolute Gasteiger partial charge is 0.454 e. The monoisotopic (exact) mass is 364 g/mol. The maximum absolute atomic E-state index is 5.41. The second-order valence-corrected chi connectivity index (χ2v) is 5.97. The Balaban J connectivity index is 1.30. The van der Waals surface area contributed by atoms with Crippen LogP contribution in [0.1, 0.15) is 11.1 Å². The Kier molecular flexibility index (Phi) is 4.86. The molecule has 3 aromatic rings. The molecular formula is C19H20N6O2. The third kappa shape index (κ3) is 4.00. The van der Waals surface area contributed by atoms with Crippen molar-refractivity contribution in [1.29, 1.82) is 0 Å². The predicted molar refractivity (Wildman–Crippen MR) is 101 cm³/mol. The molecule has 0 fully saturated rings. The van der Waals surface area contributed by atoms with Crippen LogP contribution in [0, 0.1) is 0 Å². The molecule has 1 aliphatic heterocycles. The minimum atomic E-state index is 0.283. The summed E-state index contributed by atoms with van der Waals surface area (Å²) < 4.78 is 12.5. The summed E-state index contributed by atoms with van der Waals surface area (Å²) in [5.74, 6) is 2.30. The molecule has 2 heterocycles. The van der Waals surface area contributed by atoms with Crippen LogP contribution in [-0.4, -0.2) is 34.6 Å². The molecule has 2 N–H and O–H groups in total. The quantitative estimate of drug-likeness (QED) is 0.531. The maximum Gasteiger partial charge on any atom is 0.231 e. The van der Waals surface area contributed by atoms with E-state index in [-0.39, 0.29) is 6.79 Å². The molecule has 2 aromatic carbocycles. The van der Waals surface area contributed by atoms with E-state index in [2.05, 4.69) is 37.8 Å². The first-order chi connectivity index (χ1) is 13.3. The van der Waals surface area contributed by atoms with Crippen LogP contribution in [0.2, 0.25) is 0 Å². The van der Waals surface area contributed by atoms with Crippen LogP contribution in [0.25, 0.3) is 5.69 Å². The number of guanidine groups is 1. The normalized spacial score (nSPS) is 12.9. The average molecular weight is 364 g/mol. The van der Waals surface area contributed by atoms with Gasteiger partial charge in [-0.15, -0.1) is 0 Å². The smallest absolute Gasteiger partial charge is 0.231 e. The first-order valence-electron chi connectivity index (χ1n) is 8.59. The topological polar surface area (TPSA) is 85.6 Å². The molecule has 27 heavy (non-hydrogen) atoms. The lowest BCUT2D eigenvalue weighted by molar-refractivity contribution is 0.174. The van der Waals surface area contributed by atoms with E-state index in [0.717, 1.165) is 34.3 Å². The number of hydrogen-bond acceptors (Lipinski definition) is 5. The van der Waals surface area contributed by atoms with Crippen LogP contribution in [0.15, 0.2) is 60.1 Å². The summed E-state index contributed by atoms with van der Waals surface area (Å²) in [4.78, 5) is 8.22. The van der Waals surface area contributed by atoms with Gasteiger partial charge in [0.05, 0.1) is 5.69 Å². The molecule has 1 aliphatic rings. The summed E-state index contributed by atoms with van der Waals surface area (Å²) in [5, 5.41) is 10.7. The van der Waals surface area contributed by atoms with E-state index < -0.39 is 0 Å². The van der Waals surface area contributed by atoms with Gasteiger partial charge in [0, 0.05) is 20.1 Å². The van der Waals surface area contributed by atoms with Gasteiger partial charge in [-0.2, -0.15) is 5.10 Å². The van der Waals surface area contributed by atoms with Crippen molar-refractivity contribution in [3.8, 4) is 17.2 Å². The number of benzene rings is 2. The summed E-state index contributed by atoms with van der Waals surface area (Å²) in [6, 6.07) is 14.0. The van der Waals surface area contributed by atoms with Crippen molar-refractivity contribution < 1.29 is 9.47 Å². The highest BCUT2D eigenvalue weighted by atomic mass is 16.7. The van der Waals surface area contributed by atoms with Gasteiger partial charge in [0.25, 0.3) is 0 Å². The fourth-order valence-corrected chi connectivity index (χ4v) is 2.75.